The Balaban J connectivity index is 1.59. The molecule has 3 N–H and O–H groups in total. The minimum atomic E-state index is -1.07. The number of hydrogen-bond acceptors (Lipinski definition) is 6. The highest BCUT2D eigenvalue weighted by atomic mass is 16.5. The number of aromatic hydroxyl groups is 1. The third-order valence-corrected chi connectivity index (χ3v) is 8.73. The normalized spacial score (nSPS) is 40.9. The van der Waals surface area contributed by atoms with Crippen molar-refractivity contribution >= 4 is 5.71 Å². The standard InChI is InChI=1S/C24H32N2O4/c1-22(2,3)19-15(25-29)11-24(28)17-10-14-6-7-16(27)20-18(14)23(24,21(19)30-20)8-9-26(17)12-13-4-5-13/h6-7,13,17,19,21,27-29H,4-5,8-12H2,1-3H3/t17-,19?,21+,23+,24-/m1/s1. The lowest BCUT2D eigenvalue weighted by atomic mass is 9.45. The number of benzene rings is 1. The van der Waals surface area contributed by atoms with Gasteiger partial charge in [0.1, 0.15) is 6.10 Å². The van der Waals surface area contributed by atoms with Gasteiger partial charge in [-0.2, -0.15) is 0 Å². The van der Waals surface area contributed by atoms with Gasteiger partial charge in [-0.15, -0.1) is 0 Å². The van der Waals surface area contributed by atoms with Gasteiger partial charge in [0.25, 0.3) is 0 Å². The summed E-state index contributed by atoms with van der Waals surface area (Å²) in [5.74, 6) is 1.29. The predicted molar refractivity (Wildman–Crippen MR) is 112 cm³/mol. The van der Waals surface area contributed by atoms with Gasteiger partial charge in [0.15, 0.2) is 11.5 Å². The summed E-state index contributed by atoms with van der Waals surface area (Å²) in [6, 6.07) is 3.73. The molecule has 0 radical (unpaired) electrons. The molecule has 1 aromatic rings. The molecule has 2 saturated carbocycles. The smallest absolute Gasteiger partial charge is 0.165 e. The van der Waals surface area contributed by atoms with E-state index in [1.54, 1.807) is 6.07 Å². The van der Waals surface area contributed by atoms with Crippen LogP contribution in [0, 0.1) is 17.3 Å². The number of ether oxygens (including phenoxy) is 1. The molecule has 3 aliphatic carbocycles. The van der Waals surface area contributed by atoms with E-state index in [-0.39, 0.29) is 29.2 Å². The Morgan fingerprint density at radius 3 is 2.70 bits per heavy atom. The molecule has 6 nitrogen and oxygen atoms in total. The largest absolute Gasteiger partial charge is 0.504 e. The summed E-state index contributed by atoms with van der Waals surface area (Å²) in [5.41, 5.74) is 0.977. The molecule has 2 aliphatic heterocycles. The van der Waals surface area contributed by atoms with Gasteiger partial charge < -0.3 is 20.2 Å². The van der Waals surface area contributed by atoms with Crippen LogP contribution in [0.5, 0.6) is 11.5 Å². The maximum Gasteiger partial charge on any atom is 0.165 e. The highest BCUT2D eigenvalue weighted by Gasteiger charge is 2.75. The Labute approximate surface area is 177 Å². The van der Waals surface area contributed by atoms with E-state index in [4.69, 9.17) is 4.74 Å². The molecule has 2 heterocycles. The van der Waals surface area contributed by atoms with Crippen LogP contribution < -0.4 is 4.74 Å². The van der Waals surface area contributed by atoms with Gasteiger partial charge in [-0.3, -0.25) is 4.90 Å². The molecule has 5 atom stereocenters. The van der Waals surface area contributed by atoms with Crippen molar-refractivity contribution in [3.63, 3.8) is 0 Å². The molecule has 5 aliphatic rings. The van der Waals surface area contributed by atoms with Gasteiger partial charge in [-0.05, 0) is 55.2 Å². The number of phenols is 1. The number of phenolic OH excluding ortho intramolecular Hbond substituents is 1. The van der Waals surface area contributed by atoms with Crippen LogP contribution in [-0.4, -0.2) is 56.9 Å². The fraction of sp³-hybridized carbons (Fsp3) is 0.708. The van der Waals surface area contributed by atoms with Crippen LogP contribution in [-0.2, 0) is 11.8 Å². The summed E-state index contributed by atoms with van der Waals surface area (Å²) in [7, 11) is 0. The fourth-order valence-corrected chi connectivity index (χ4v) is 7.38. The topological polar surface area (TPSA) is 85.5 Å². The van der Waals surface area contributed by atoms with Crippen LogP contribution in [0.4, 0.5) is 0 Å². The van der Waals surface area contributed by atoms with E-state index >= 15 is 0 Å². The van der Waals surface area contributed by atoms with Gasteiger partial charge in [0, 0.05) is 30.5 Å². The average molecular weight is 413 g/mol. The maximum absolute atomic E-state index is 12.5. The van der Waals surface area contributed by atoms with Crippen LogP contribution in [0.1, 0.15) is 57.6 Å². The van der Waals surface area contributed by atoms with Gasteiger partial charge in [0.2, 0.25) is 0 Å². The number of likely N-dealkylation sites (tertiary alicyclic amines) is 1. The van der Waals surface area contributed by atoms with Crippen molar-refractivity contribution in [3.05, 3.63) is 23.3 Å². The number of hydrogen-bond donors (Lipinski definition) is 3. The molecular weight excluding hydrogens is 380 g/mol. The Bertz CT molecular complexity index is 949. The first-order chi connectivity index (χ1) is 14.2. The first-order valence-electron chi connectivity index (χ1n) is 11.4. The van der Waals surface area contributed by atoms with E-state index in [9.17, 15) is 15.4 Å². The van der Waals surface area contributed by atoms with E-state index in [1.807, 2.05) is 6.07 Å². The molecule has 0 aromatic heterocycles. The van der Waals surface area contributed by atoms with Crippen molar-refractivity contribution in [3.8, 4) is 11.5 Å². The molecule has 30 heavy (non-hydrogen) atoms. The van der Waals surface area contributed by atoms with E-state index < -0.39 is 11.0 Å². The highest BCUT2D eigenvalue weighted by molar-refractivity contribution is 5.91. The third-order valence-electron chi connectivity index (χ3n) is 8.73. The lowest BCUT2D eigenvalue weighted by molar-refractivity contribution is -0.181. The van der Waals surface area contributed by atoms with Crippen LogP contribution in [0.15, 0.2) is 17.3 Å². The molecule has 1 saturated heterocycles. The first kappa shape index (κ1) is 18.9. The zero-order valence-corrected chi connectivity index (χ0v) is 18.1. The van der Waals surface area contributed by atoms with Crippen molar-refractivity contribution in [1.82, 2.24) is 4.90 Å². The quantitative estimate of drug-likeness (QED) is 0.514. The highest BCUT2D eigenvalue weighted by Crippen LogP contribution is 2.67. The van der Waals surface area contributed by atoms with Crippen LogP contribution in [0.3, 0.4) is 0 Å². The number of nitrogens with zero attached hydrogens (tertiary/aromatic N) is 2. The minimum absolute atomic E-state index is 0.0291. The van der Waals surface area contributed by atoms with Crippen molar-refractivity contribution < 1.29 is 20.2 Å². The maximum atomic E-state index is 12.5. The number of oxime groups is 1. The summed E-state index contributed by atoms with van der Waals surface area (Å²) in [6.07, 6.45) is 4.10. The van der Waals surface area contributed by atoms with E-state index in [1.165, 1.54) is 18.4 Å². The Kier molecular flexibility index (Phi) is 3.61. The fourth-order valence-electron chi connectivity index (χ4n) is 7.38. The Morgan fingerprint density at radius 1 is 1.27 bits per heavy atom. The van der Waals surface area contributed by atoms with Crippen LogP contribution in [0.25, 0.3) is 0 Å². The summed E-state index contributed by atoms with van der Waals surface area (Å²) in [4.78, 5) is 2.49. The van der Waals surface area contributed by atoms with Crippen LogP contribution in [0.2, 0.25) is 0 Å². The zero-order valence-electron chi connectivity index (χ0n) is 18.1. The second kappa shape index (κ2) is 5.71. The van der Waals surface area contributed by atoms with Gasteiger partial charge in [-0.25, -0.2) is 0 Å². The molecule has 0 amide bonds. The lowest BCUT2D eigenvalue weighted by Crippen LogP contribution is -2.78. The van der Waals surface area contributed by atoms with Crippen molar-refractivity contribution in [2.24, 2.45) is 22.4 Å². The molecule has 1 spiro atoms. The van der Waals surface area contributed by atoms with Crippen molar-refractivity contribution in [2.45, 2.75) is 76.0 Å². The van der Waals surface area contributed by atoms with Gasteiger partial charge in [0.05, 0.1) is 16.7 Å². The van der Waals surface area contributed by atoms with Crippen molar-refractivity contribution in [2.75, 3.05) is 13.1 Å². The summed E-state index contributed by atoms with van der Waals surface area (Å²) >= 11 is 0. The Morgan fingerprint density at radius 2 is 2.03 bits per heavy atom. The monoisotopic (exact) mass is 412 g/mol. The molecule has 3 fully saturated rings. The number of aliphatic hydroxyl groups is 1. The molecule has 162 valence electrons. The zero-order chi connectivity index (χ0) is 21.1. The summed E-state index contributed by atoms with van der Waals surface area (Å²) < 4.78 is 6.55. The third kappa shape index (κ3) is 2.14. The average Bonchev–Trinajstić information content (AvgIpc) is 3.41. The molecule has 1 unspecified atom stereocenters. The molecule has 6 rings (SSSR count). The molecule has 6 heteroatoms. The molecular formula is C24H32N2O4. The summed E-state index contributed by atoms with van der Waals surface area (Å²) in [6.45, 7) is 8.38. The second-order valence-electron chi connectivity index (χ2n) is 11.4. The van der Waals surface area contributed by atoms with Crippen molar-refractivity contribution in [1.29, 1.82) is 0 Å². The Hall–Kier alpha value is -1.79. The van der Waals surface area contributed by atoms with Gasteiger partial charge in [-0.1, -0.05) is 32.0 Å². The second-order valence-corrected chi connectivity index (χ2v) is 11.4. The van der Waals surface area contributed by atoms with Crippen LogP contribution >= 0.6 is 0 Å². The predicted octanol–water partition coefficient (Wildman–Crippen LogP) is 3.06. The van der Waals surface area contributed by atoms with E-state index in [0.717, 1.165) is 37.4 Å². The summed E-state index contributed by atoms with van der Waals surface area (Å²) in [5, 5.41) is 36.9. The number of rotatable bonds is 2. The molecule has 1 aromatic carbocycles. The molecule has 2 bridgehead atoms. The van der Waals surface area contributed by atoms with E-state index in [2.05, 4.69) is 30.8 Å². The first-order valence-corrected chi connectivity index (χ1v) is 11.4. The number of piperidine rings is 1. The minimum Gasteiger partial charge on any atom is -0.504 e. The van der Waals surface area contributed by atoms with Gasteiger partial charge >= 0.3 is 0 Å². The van der Waals surface area contributed by atoms with E-state index in [0.29, 0.717) is 17.9 Å². The lowest BCUT2D eigenvalue weighted by Gasteiger charge is -2.65. The SMILES string of the molecule is CC(C)(C)C1C(=NO)C[C@@]2(O)[C@H]3Cc4ccc(O)c5c4[C@@]2(CCN3CC2CC2)[C@H]1O5.